The van der Waals surface area contributed by atoms with E-state index in [1.165, 1.54) is 6.92 Å². The first kappa shape index (κ1) is 9.94. The van der Waals surface area contributed by atoms with Crippen molar-refractivity contribution in [3.63, 3.8) is 0 Å². The third-order valence-corrected chi connectivity index (χ3v) is 1.78. The monoisotopic (exact) mass is 188 g/mol. The van der Waals surface area contributed by atoms with Crippen molar-refractivity contribution in [1.29, 1.82) is 0 Å². The van der Waals surface area contributed by atoms with Gasteiger partial charge in [0, 0.05) is 0 Å². The molecule has 0 aromatic rings. The van der Waals surface area contributed by atoms with Crippen LogP contribution in [-0.2, 0) is 4.79 Å². The SMILES string of the molecule is CC(O)(CO)CN1C(=O)CNC1=O. The fraction of sp³-hybridized carbons (Fsp3) is 0.714. The standard InChI is InChI=1S/C7H12N2O4/c1-7(13,4-10)3-9-5(11)2-8-6(9)12/h10,13H,2-4H2,1H3,(H,8,12). The van der Waals surface area contributed by atoms with E-state index in [0.717, 1.165) is 4.90 Å². The second kappa shape index (κ2) is 3.31. The molecule has 0 bridgehead atoms. The van der Waals surface area contributed by atoms with E-state index in [1.807, 2.05) is 0 Å². The van der Waals surface area contributed by atoms with Crippen molar-refractivity contribution in [3.05, 3.63) is 0 Å². The second-order valence-corrected chi connectivity index (χ2v) is 3.29. The quantitative estimate of drug-likeness (QED) is 0.460. The van der Waals surface area contributed by atoms with Gasteiger partial charge in [-0.05, 0) is 6.92 Å². The van der Waals surface area contributed by atoms with E-state index in [-0.39, 0.29) is 13.1 Å². The van der Waals surface area contributed by atoms with Crippen LogP contribution in [0, 0.1) is 0 Å². The molecule has 74 valence electrons. The molecular formula is C7H12N2O4. The van der Waals surface area contributed by atoms with E-state index in [4.69, 9.17) is 5.11 Å². The normalized spacial score (nSPS) is 21.6. The number of hydrogen-bond acceptors (Lipinski definition) is 4. The van der Waals surface area contributed by atoms with Gasteiger partial charge >= 0.3 is 6.03 Å². The van der Waals surface area contributed by atoms with Gasteiger partial charge < -0.3 is 15.5 Å². The maximum atomic E-state index is 11.0. The van der Waals surface area contributed by atoms with Crippen LogP contribution >= 0.6 is 0 Å². The summed E-state index contributed by atoms with van der Waals surface area (Å²) in [6.07, 6.45) is 0. The van der Waals surface area contributed by atoms with Gasteiger partial charge in [-0.2, -0.15) is 0 Å². The molecule has 0 radical (unpaired) electrons. The molecule has 0 spiro atoms. The van der Waals surface area contributed by atoms with E-state index in [0.29, 0.717) is 0 Å². The average Bonchev–Trinajstić information content (AvgIpc) is 2.36. The minimum absolute atomic E-state index is 0.0413. The van der Waals surface area contributed by atoms with Crippen molar-refractivity contribution in [2.24, 2.45) is 0 Å². The maximum absolute atomic E-state index is 11.0. The molecule has 1 heterocycles. The molecule has 0 aromatic carbocycles. The number of aliphatic hydroxyl groups is 2. The minimum Gasteiger partial charge on any atom is -0.393 e. The van der Waals surface area contributed by atoms with E-state index >= 15 is 0 Å². The molecule has 1 atom stereocenters. The molecule has 3 N–H and O–H groups in total. The lowest BCUT2D eigenvalue weighted by Gasteiger charge is -2.24. The summed E-state index contributed by atoms with van der Waals surface area (Å²) in [5.74, 6) is -0.390. The molecule has 1 unspecified atom stereocenters. The number of aliphatic hydroxyl groups excluding tert-OH is 1. The summed E-state index contributed by atoms with van der Waals surface area (Å²) in [4.78, 5) is 22.9. The number of hydrogen-bond donors (Lipinski definition) is 3. The number of urea groups is 1. The molecule has 0 saturated carbocycles. The predicted octanol–water partition coefficient (Wildman–Crippen LogP) is -1.72. The Morgan fingerprint density at radius 1 is 1.62 bits per heavy atom. The van der Waals surface area contributed by atoms with Crippen LogP contribution in [0.3, 0.4) is 0 Å². The van der Waals surface area contributed by atoms with Crippen molar-refractivity contribution in [2.45, 2.75) is 12.5 Å². The summed E-state index contributed by atoms with van der Waals surface area (Å²) < 4.78 is 0. The van der Waals surface area contributed by atoms with Gasteiger partial charge in [-0.1, -0.05) is 0 Å². The summed E-state index contributed by atoms with van der Waals surface area (Å²) in [5, 5.41) is 20.4. The Labute approximate surface area is 75.1 Å². The van der Waals surface area contributed by atoms with Gasteiger partial charge in [0.25, 0.3) is 0 Å². The molecule has 6 nitrogen and oxygen atoms in total. The Morgan fingerprint density at radius 2 is 2.23 bits per heavy atom. The van der Waals surface area contributed by atoms with Crippen LogP contribution in [0.4, 0.5) is 4.79 Å². The second-order valence-electron chi connectivity index (χ2n) is 3.29. The van der Waals surface area contributed by atoms with Crippen molar-refractivity contribution in [1.82, 2.24) is 10.2 Å². The Balaban J connectivity index is 2.62. The molecule has 13 heavy (non-hydrogen) atoms. The summed E-state index contributed by atoms with van der Waals surface area (Å²) in [6, 6.07) is -0.529. The number of nitrogens with one attached hydrogen (secondary N) is 1. The van der Waals surface area contributed by atoms with Crippen molar-refractivity contribution < 1.29 is 19.8 Å². The minimum atomic E-state index is -1.43. The third kappa shape index (κ3) is 2.16. The first-order chi connectivity index (χ1) is 5.96. The zero-order valence-corrected chi connectivity index (χ0v) is 7.28. The van der Waals surface area contributed by atoms with Gasteiger partial charge in [-0.15, -0.1) is 0 Å². The molecule has 1 fully saturated rings. The van der Waals surface area contributed by atoms with Gasteiger partial charge in [0.15, 0.2) is 0 Å². The zero-order chi connectivity index (χ0) is 10.1. The van der Waals surface area contributed by atoms with Crippen LogP contribution in [-0.4, -0.2) is 52.3 Å². The lowest BCUT2D eigenvalue weighted by Crippen LogP contribution is -2.46. The highest BCUT2D eigenvalue weighted by Crippen LogP contribution is 2.08. The van der Waals surface area contributed by atoms with Crippen LogP contribution in [0.15, 0.2) is 0 Å². The van der Waals surface area contributed by atoms with Gasteiger partial charge in [-0.25, -0.2) is 4.79 Å². The smallest absolute Gasteiger partial charge is 0.324 e. The summed E-state index contributed by atoms with van der Waals surface area (Å²) in [6.45, 7) is 0.629. The molecule has 0 aliphatic carbocycles. The molecule has 1 saturated heterocycles. The number of β-amino-alcohol motifs (C(OH)–C–C–N with tert-alkyl or cyclic N) is 1. The van der Waals surface area contributed by atoms with Crippen molar-refractivity contribution in [3.8, 4) is 0 Å². The van der Waals surface area contributed by atoms with Crippen LogP contribution in [0.25, 0.3) is 0 Å². The summed E-state index contributed by atoms with van der Waals surface area (Å²) in [7, 11) is 0. The van der Waals surface area contributed by atoms with E-state index in [1.54, 1.807) is 0 Å². The highest BCUT2D eigenvalue weighted by molar-refractivity contribution is 6.01. The average molecular weight is 188 g/mol. The first-order valence-corrected chi connectivity index (χ1v) is 3.88. The summed E-state index contributed by atoms with van der Waals surface area (Å²) >= 11 is 0. The predicted molar refractivity (Wildman–Crippen MR) is 42.8 cm³/mol. The fourth-order valence-corrected chi connectivity index (χ4v) is 1.01. The van der Waals surface area contributed by atoms with Gasteiger partial charge in [0.2, 0.25) is 5.91 Å². The topological polar surface area (TPSA) is 89.9 Å². The summed E-state index contributed by atoms with van der Waals surface area (Å²) in [5.41, 5.74) is -1.43. The number of amides is 3. The Hall–Kier alpha value is -1.14. The van der Waals surface area contributed by atoms with Gasteiger partial charge in [-0.3, -0.25) is 9.69 Å². The van der Waals surface area contributed by atoms with Crippen LogP contribution in [0.1, 0.15) is 6.92 Å². The third-order valence-electron chi connectivity index (χ3n) is 1.78. The first-order valence-electron chi connectivity index (χ1n) is 3.88. The highest BCUT2D eigenvalue weighted by Gasteiger charge is 2.34. The molecule has 0 aromatic heterocycles. The van der Waals surface area contributed by atoms with Gasteiger partial charge in [0.1, 0.15) is 5.60 Å². The lowest BCUT2D eigenvalue weighted by molar-refractivity contribution is -0.128. The number of nitrogens with zero attached hydrogens (tertiary/aromatic N) is 1. The molecular weight excluding hydrogens is 176 g/mol. The van der Waals surface area contributed by atoms with Crippen molar-refractivity contribution in [2.75, 3.05) is 19.7 Å². The number of imide groups is 1. The van der Waals surface area contributed by atoms with Gasteiger partial charge in [0.05, 0.1) is 19.7 Å². The maximum Gasteiger partial charge on any atom is 0.324 e. The van der Waals surface area contributed by atoms with Crippen molar-refractivity contribution >= 4 is 11.9 Å². The van der Waals surface area contributed by atoms with Crippen LogP contribution in [0.5, 0.6) is 0 Å². The van der Waals surface area contributed by atoms with E-state index in [9.17, 15) is 14.7 Å². The molecule has 1 aliphatic rings. The fourth-order valence-electron chi connectivity index (χ4n) is 1.01. The van der Waals surface area contributed by atoms with Crippen LogP contribution in [0.2, 0.25) is 0 Å². The molecule has 1 aliphatic heterocycles. The number of carbonyl (C=O) groups is 2. The zero-order valence-electron chi connectivity index (χ0n) is 7.28. The Morgan fingerprint density at radius 3 is 2.62 bits per heavy atom. The van der Waals surface area contributed by atoms with Crippen LogP contribution < -0.4 is 5.32 Å². The van der Waals surface area contributed by atoms with E-state index < -0.39 is 24.1 Å². The lowest BCUT2D eigenvalue weighted by atomic mass is 10.1. The Bertz CT molecular complexity index is 223. The molecule has 6 heteroatoms. The molecule has 3 amide bonds. The largest absolute Gasteiger partial charge is 0.393 e. The Kier molecular flexibility index (Phi) is 2.53. The highest BCUT2D eigenvalue weighted by atomic mass is 16.3. The number of carbonyl (C=O) groups excluding carboxylic acids is 2. The number of rotatable bonds is 3. The molecule has 1 rings (SSSR count). The van der Waals surface area contributed by atoms with E-state index in [2.05, 4.69) is 5.32 Å².